The van der Waals surface area contributed by atoms with Gasteiger partial charge in [0.1, 0.15) is 0 Å². The van der Waals surface area contributed by atoms with E-state index >= 15 is 0 Å². The Hall–Kier alpha value is -2.00. The van der Waals surface area contributed by atoms with Gasteiger partial charge in [-0.05, 0) is 19.4 Å². The molecule has 1 N–H and O–H groups in total. The van der Waals surface area contributed by atoms with Gasteiger partial charge in [-0.1, -0.05) is 19.1 Å². The summed E-state index contributed by atoms with van der Waals surface area (Å²) in [5.41, 5.74) is 0.327. The molecule has 23 heavy (non-hydrogen) atoms. The summed E-state index contributed by atoms with van der Waals surface area (Å²) in [6.07, 6.45) is 0. The number of nitro groups is 1. The van der Waals surface area contributed by atoms with Crippen LogP contribution >= 0.6 is 0 Å². The molecule has 1 aromatic carbocycles. The number of carbonyl (C=O) groups is 1. The first-order valence-corrected chi connectivity index (χ1v) is 8.77. The van der Waals surface area contributed by atoms with Crippen molar-refractivity contribution in [3.63, 3.8) is 0 Å². The highest BCUT2D eigenvalue weighted by atomic mass is 32.2. The van der Waals surface area contributed by atoms with Gasteiger partial charge in [0.05, 0.1) is 17.2 Å². The van der Waals surface area contributed by atoms with E-state index < -0.39 is 14.9 Å². The summed E-state index contributed by atoms with van der Waals surface area (Å²) in [7, 11) is -3.69. The van der Waals surface area contributed by atoms with E-state index in [1.54, 1.807) is 20.8 Å². The van der Waals surface area contributed by atoms with E-state index in [1.165, 1.54) is 24.3 Å². The molecule has 0 heterocycles. The Morgan fingerprint density at radius 1 is 1.30 bits per heavy atom. The maximum Gasteiger partial charge on any atom is 0.269 e. The summed E-state index contributed by atoms with van der Waals surface area (Å²) in [5, 5.41) is 13.2. The van der Waals surface area contributed by atoms with Gasteiger partial charge in [-0.2, -0.15) is 4.31 Å². The van der Waals surface area contributed by atoms with Crippen LogP contribution in [-0.2, 0) is 20.6 Å². The highest BCUT2D eigenvalue weighted by Gasteiger charge is 2.24. The van der Waals surface area contributed by atoms with E-state index in [0.29, 0.717) is 5.56 Å². The lowest BCUT2D eigenvalue weighted by Gasteiger charge is -2.20. The minimum Gasteiger partial charge on any atom is -0.353 e. The Balaban J connectivity index is 2.82. The molecule has 0 spiro atoms. The number of carbonyl (C=O) groups excluding carboxylic acids is 1. The first-order chi connectivity index (χ1) is 10.7. The second kappa shape index (κ2) is 8.02. The zero-order chi connectivity index (χ0) is 17.6. The quantitative estimate of drug-likeness (QED) is 0.564. The zero-order valence-electron chi connectivity index (χ0n) is 13.4. The average Bonchev–Trinajstić information content (AvgIpc) is 2.43. The lowest BCUT2D eigenvalue weighted by atomic mass is 10.2. The first-order valence-electron chi connectivity index (χ1n) is 7.16. The number of amides is 1. The van der Waals surface area contributed by atoms with Gasteiger partial charge in [-0.25, -0.2) is 8.42 Å². The summed E-state index contributed by atoms with van der Waals surface area (Å²) < 4.78 is 25.9. The molecule has 0 aliphatic rings. The van der Waals surface area contributed by atoms with Crippen molar-refractivity contribution in [2.24, 2.45) is 0 Å². The third-order valence-corrected chi connectivity index (χ3v) is 4.88. The van der Waals surface area contributed by atoms with Gasteiger partial charge in [0.2, 0.25) is 15.9 Å². The fourth-order valence-corrected chi connectivity index (χ4v) is 3.45. The van der Waals surface area contributed by atoms with Crippen LogP contribution in [0.2, 0.25) is 0 Å². The van der Waals surface area contributed by atoms with E-state index in [0.717, 1.165) is 4.31 Å². The number of non-ortho nitro benzene ring substituents is 1. The number of nitro benzene ring substituents is 1. The van der Waals surface area contributed by atoms with Crippen molar-refractivity contribution in [1.29, 1.82) is 0 Å². The van der Waals surface area contributed by atoms with Gasteiger partial charge >= 0.3 is 0 Å². The molecular weight excluding hydrogens is 322 g/mol. The number of hydrogen-bond donors (Lipinski definition) is 1. The molecule has 0 fully saturated rings. The summed E-state index contributed by atoms with van der Waals surface area (Å²) in [6, 6.07) is 5.24. The molecule has 0 unspecified atom stereocenters. The molecule has 128 valence electrons. The SMILES string of the molecule is CCN(CC(=O)NC(C)C)S(=O)(=O)Cc1ccc([N+](=O)[O-])cc1. The van der Waals surface area contributed by atoms with Crippen LogP contribution in [-0.4, -0.2) is 42.7 Å². The molecule has 0 saturated carbocycles. The number of sulfonamides is 1. The average molecular weight is 343 g/mol. The molecule has 0 saturated heterocycles. The van der Waals surface area contributed by atoms with E-state index in [1.807, 2.05) is 0 Å². The zero-order valence-corrected chi connectivity index (χ0v) is 14.2. The monoisotopic (exact) mass is 343 g/mol. The largest absolute Gasteiger partial charge is 0.353 e. The number of rotatable bonds is 8. The third kappa shape index (κ3) is 5.95. The van der Waals surface area contributed by atoms with Crippen LogP contribution in [0.1, 0.15) is 26.3 Å². The van der Waals surface area contributed by atoms with Gasteiger partial charge in [-0.3, -0.25) is 14.9 Å². The standard InChI is InChI=1S/C14H21N3O5S/c1-4-16(9-14(18)15-11(2)3)23(21,22)10-12-5-7-13(8-6-12)17(19)20/h5-8,11H,4,9-10H2,1-3H3,(H,15,18). The molecule has 0 aromatic heterocycles. The Morgan fingerprint density at radius 3 is 2.30 bits per heavy atom. The Morgan fingerprint density at radius 2 is 1.87 bits per heavy atom. The maximum absolute atomic E-state index is 12.4. The normalized spacial score (nSPS) is 11.7. The Kier molecular flexibility index (Phi) is 6.64. The van der Waals surface area contributed by atoms with Crippen molar-refractivity contribution in [2.45, 2.75) is 32.6 Å². The van der Waals surface area contributed by atoms with Crippen molar-refractivity contribution in [1.82, 2.24) is 9.62 Å². The van der Waals surface area contributed by atoms with Crippen molar-refractivity contribution in [3.05, 3.63) is 39.9 Å². The fourth-order valence-electron chi connectivity index (χ4n) is 1.95. The Labute approximate surface area is 135 Å². The van der Waals surface area contributed by atoms with Crippen molar-refractivity contribution >= 4 is 21.6 Å². The van der Waals surface area contributed by atoms with E-state index in [2.05, 4.69) is 5.32 Å². The van der Waals surface area contributed by atoms with Gasteiger partial charge in [0, 0.05) is 24.7 Å². The lowest BCUT2D eigenvalue weighted by molar-refractivity contribution is -0.384. The van der Waals surface area contributed by atoms with Crippen LogP contribution in [0.25, 0.3) is 0 Å². The molecule has 0 aliphatic heterocycles. The second-order valence-electron chi connectivity index (χ2n) is 5.33. The van der Waals surface area contributed by atoms with E-state index in [4.69, 9.17) is 0 Å². The van der Waals surface area contributed by atoms with E-state index in [-0.39, 0.29) is 36.5 Å². The topological polar surface area (TPSA) is 110 Å². The third-order valence-electron chi connectivity index (χ3n) is 3.01. The number of nitrogens with zero attached hydrogens (tertiary/aromatic N) is 2. The molecule has 1 rings (SSSR count). The maximum atomic E-state index is 12.4. The van der Waals surface area contributed by atoms with Crippen molar-refractivity contribution in [2.75, 3.05) is 13.1 Å². The van der Waals surface area contributed by atoms with Gasteiger partial charge in [0.15, 0.2) is 0 Å². The number of nitrogens with one attached hydrogen (secondary N) is 1. The predicted octanol–water partition coefficient (Wildman–Crippen LogP) is 1.27. The predicted molar refractivity (Wildman–Crippen MR) is 86.2 cm³/mol. The minimum absolute atomic E-state index is 0.0708. The smallest absolute Gasteiger partial charge is 0.269 e. The van der Waals surface area contributed by atoms with Gasteiger partial charge in [0.25, 0.3) is 5.69 Å². The van der Waals surface area contributed by atoms with Gasteiger partial charge < -0.3 is 5.32 Å². The molecule has 0 atom stereocenters. The molecule has 9 heteroatoms. The van der Waals surface area contributed by atoms with Crippen LogP contribution in [0.15, 0.2) is 24.3 Å². The number of hydrogen-bond acceptors (Lipinski definition) is 5. The highest BCUT2D eigenvalue weighted by molar-refractivity contribution is 7.88. The van der Waals surface area contributed by atoms with Crippen molar-refractivity contribution in [3.8, 4) is 0 Å². The molecule has 1 aromatic rings. The van der Waals surface area contributed by atoms with Crippen LogP contribution in [0, 0.1) is 10.1 Å². The van der Waals surface area contributed by atoms with Crippen LogP contribution in [0.4, 0.5) is 5.69 Å². The minimum atomic E-state index is -3.69. The van der Waals surface area contributed by atoms with Gasteiger partial charge in [-0.15, -0.1) is 0 Å². The fraction of sp³-hybridized carbons (Fsp3) is 0.500. The molecular formula is C14H21N3O5S. The highest BCUT2D eigenvalue weighted by Crippen LogP contribution is 2.15. The molecule has 1 amide bonds. The van der Waals surface area contributed by atoms with E-state index in [9.17, 15) is 23.3 Å². The number of likely N-dealkylation sites (N-methyl/N-ethyl adjacent to an activating group) is 1. The Bertz CT molecular complexity index is 655. The van der Waals surface area contributed by atoms with Crippen LogP contribution in [0.5, 0.6) is 0 Å². The van der Waals surface area contributed by atoms with Crippen LogP contribution in [0.3, 0.4) is 0 Å². The second-order valence-corrected chi connectivity index (χ2v) is 7.30. The summed E-state index contributed by atoms with van der Waals surface area (Å²) >= 11 is 0. The molecule has 8 nitrogen and oxygen atoms in total. The molecule has 0 radical (unpaired) electrons. The first kappa shape index (κ1) is 19.0. The van der Waals surface area contributed by atoms with Crippen molar-refractivity contribution < 1.29 is 18.1 Å². The molecule has 0 bridgehead atoms. The summed E-state index contributed by atoms with van der Waals surface area (Å²) in [5.74, 6) is -0.678. The molecule has 0 aliphatic carbocycles. The summed E-state index contributed by atoms with van der Waals surface area (Å²) in [4.78, 5) is 21.8. The van der Waals surface area contributed by atoms with Crippen LogP contribution < -0.4 is 5.32 Å². The lowest BCUT2D eigenvalue weighted by Crippen LogP contribution is -2.43. The summed E-state index contributed by atoms with van der Waals surface area (Å²) in [6.45, 7) is 5.15. The number of benzene rings is 1.